The minimum Gasteiger partial charge on any atom is -0.454 e. The van der Waals surface area contributed by atoms with Gasteiger partial charge in [-0.3, -0.25) is 14.7 Å². The number of rotatable bonds is 5. The average Bonchev–Trinajstić information content (AvgIpc) is 3.06. The number of carbonyl (C=O) groups excluding carboxylic acids is 1. The summed E-state index contributed by atoms with van der Waals surface area (Å²) < 4.78 is 5.93. The summed E-state index contributed by atoms with van der Waals surface area (Å²) in [5, 5.41) is 3.11. The summed E-state index contributed by atoms with van der Waals surface area (Å²) in [6, 6.07) is 11.9. The Morgan fingerprint density at radius 3 is 2.76 bits per heavy atom. The number of para-hydroxylation sites is 2. The lowest BCUT2D eigenvalue weighted by molar-refractivity contribution is -0.121. The van der Waals surface area contributed by atoms with E-state index < -0.39 is 0 Å². The van der Waals surface area contributed by atoms with Crippen molar-refractivity contribution in [3.05, 3.63) is 48.8 Å². The molecule has 4 rings (SSSR count). The lowest BCUT2D eigenvalue weighted by atomic mass is 9.96. The van der Waals surface area contributed by atoms with Gasteiger partial charge in [0.1, 0.15) is 5.75 Å². The zero-order chi connectivity index (χ0) is 19.9. The van der Waals surface area contributed by atoms with Crippen LogP contribution in [-0.4, -0.2) is 57.9 Å². The van der Waals surface area contributed by atoms with Crippen LogP contribution in [0.5, 0.6) is 11.5 Å². The Hall–Kier alpha value is -1.70. The molecule has 1 atom stereocenters. The number of pyridine rings is 1. The molecule has 2 aromatic rings. The van der Waals surface area contributed by atoms with Gasteiger partial charge in [-0.05, 0) is 43.7 Å². The number of anilines is 1. The Balaban J connectivity index is 1.40. The van der Waals surface area contributed by atoms with Gasteiger partial charge in [-0.2, -0.15) is 23.5 Å². The molecule has 2 saturated heterocycles. The monoisotopic (exact) mass is 429 g/mol. The number of benzene rings is 1. The fraction of sp³-hybridized carbons (Fsp3) is 0.455. The van der Waals surface area contributed by atoms with E-state index in [2.05, 4.69) is 15.2 Å². The van der Waals surface area contributed by atoms with Crippen molar-refractivity contribution in [2.75, 3.05) is 41.4 Å². The maximum Gasteiger partial charge on any atom is 0.228 e. The minimum atomic E-state index is 0.0217. The summed E-state index contributed by atoms with van der Waals surface area (Å²) in [6.07, 6.45) is 5.40. The van der Waals surface area contributed by atoms with Crippen molar-refractivity contribution in [2.24, 2.45) is 5.92 Å². The second-order valence-electron chi connectivity index (χ2n) is 7.41. The molecular formula is C22H27N3O2S2. The number of amides is 1. The summed E-state index contributed by atoms with van der Waals surface area (Å²) in [4.78, 5) is 19.7. The fourth-order valence-corrected chi connectivity index (χ4v) is 6.42. The Morgan fingerprint density at radius 1 is 1.14 bits per heavy atom. The highest BCUT2D eigenvalue weighted by atomic mass is 32.2. The van der Waals surface area contributed by atoms with Crippen molar-refractivity contribution < 1.29 is 9.53 Å². The average molecular weight is 430 g/mol. The molecule has 1 N–H and O–H groups in total. The standard InChI is InChI=1S/C22H27N3O2S2/c26-22(17-5-4-10-25(14-17)18-15-28-11-12-29-16-18)24-20-7-1-2-8-21(20)27-19-6-3-9-23-13-19/h1-3,6-9,13,17-18H,4-5,10-12,14-16H2,(H,24,26)/t17-/m0/s1. The quantitative estimate of drug-likeness (QED) is 0.762. The molecule has 2 fully saturated rings. The van der Waals surface area contributed by atoms with Crippen LogP contribution in [0.2, 0.25) is 0 Å². The van der Waals surface area contributed by atoms with Crippen LogP contribution in [0.1, 0.15) is 12.8 Å². The van der Waals surface area contributed by atoms with Crippen LogP contribution in [0.3, 0.4) is 0 Å². The second-order valence-corrected chi connectivity index (χ2v) is 9.71. The summed E-state index contributed by atoms with van der Waals surface area (Å²) in [5.41, 5.74) is 0.707. The molecule has 7 heteroatoms. The summed E-state index contributed by atoms with van der Waals surface area (Å²) >= 11 is 4.10. The SMILES string of the molecule is O=C(Nc1ccccc1Oc1cccnc1)[C@H]1CCCN(C2CSCCSC2)C1. The molecule has 3 heterocycles. The van der Waals surface area contributed by atoms with Gasteiger partial charge in [0.25, 0.3) is 0 Å². The van der Waals surface area contributed by atoms with E-state index in [1.54, 1.807) is 12.4 Å². The maximum absolute atomic E-state index is 13.1. The van der Waals surface area contributed by atoms with Crippen LogP contribution in [0.4, 0.5) is 5.69 Å². The van der Waals surface area contributed by atoms with E-state index in [1.807, 2.05) is 59.9 Å². The van der Waals surface area contributed by atoms with Gasteiger partial charge in [-0.25, -0.2) is 0 Å². The van der Waals surface area contributed by atoms with Crippen LogP contribution in [0.15, 0.2) is 48.8 Å². The van der Waals surface area contributed by atoms with Crippen molar-refractivity contribution in [3.63, 3.8) is 0 Å². The molecule has 0 bridgehead atoms. The molecule has 2 aliphatic heterocycles. The highest BCUT2D eigenvalue weighted by Crippen LogP contribution is 2.30. The van der Waals surface area contributed by atoms with Crippen molar-refractivity contribution in [1.29, 1.82) is 0 Å². The van der Waals surface area contributed by atoms with E-state index in [0.29, 0.717) is 23.2 Å². The second kappa shape index (κ2) is 10.4. The first-order chi connectivity index (χ1) is 14.3. The zero-order valence-corrected chi connectivity index (χ0v) is 18.1. The van der Waals surface area contributed by atoms with Crippen molar-refractivity contribution in [2.45, 2.75) is 18.9 Å². The van der Waals surface area contributed by atoms with Gasteiger partial charge in [0.05, 0.1) is 17.8 Å². The first kappa shape index (κ1) is 20.6. The van der Waals surface area contributed by atoms with Crippen molar-refractivity contribution in [3.8, 4) is 11.5 Å². The van der Waals surface area contributed by atoms with Gasteiger partial charge in [0, 0.05) is 41.8 Å². The summed E-state index contributed by atoms with van der Waals surface area (Å²) in [7, 11) is 0. The molecule has 1 amide bonds. The van der Waals surface area contributed by atoms with Crippen LogP contribution in [-0.2, 0) is 4.79 Å². The molecular weight excluding hydrogens is 402 g/mol. The molecule has 1 aromatic heterocycles. The van der Waals surface area contributed by atoms with E-state index >= 15 is 0 Å². The number of nitrogens with zero attached hydrogens (tertiary/aromatic N) is 2. The Labute approximate surface area is 181 Å². The smallest absolute Gasteiger partial charge is 0.228 e. The van der Waals surface area contributed by atoms with E-state index in [9.17, 15) is 4.79 Å². The molecule has 0 saturated carbocycles. The third kappa shape index (κ3) is 5.68. The van der Waals surface area contributed by atoms with E-state index in [-0.39, 0.29) is 11.8 Å². The molecule has 29 heavy (non-hydrogen) atoms. The largest absolute Gasteiger partial charge is 0.454 e. The topological polar surface area (TPSA) is 54.5 Å². The molecule has 1 aromatic carbocycles. The third-order valence-corrected chi connectivity index (χ3v) is 7.82. The number of ether oxygens (including phenoxy) is 1. The molecule has 0 unspecified atom stereocenters. The van der Waals surface area contributed by atoms with E-state index in [0.717, 1.165) is 25.9 Å². The molecule has 2 aliphatic rings. The molecule has 0 aliphatic carbocycles. The number of likely N-dealkylation sites (tertiary alicyclic amines) is 1. The van der Waals surface area contributed by atoms with Gasteiger partial charge in [-0.15, -0.1) is 0 Å². The minimum absolute atomic E-state index is 0.0217. The van der Waals surface area contributed by atoms with Crippen molar-refractivity contribution in [1.82, 2.24) is 9.88 Å². The predicted octanol–water partition coefficient (Wildman–Crippen LogP) is 4.37. The number of hydrogen-bond acceptors (Lipinski definition) is 6. The molecule has 0 spiro atoms. The van der Waals surface area contributed by atoms with Crippen LogP contribution in [0.25, 0.3) is 0 Å². The van der Waals surface area contributed by atoms with Crippen molar-refractivity contribution >= 4 is 35.1 Å². The summed E-state index contributed by atoms with van der Waals surface area (Å²) in [5.74, 6) is 6.25. The third-order valence-electron chi connectivity index (χ3n) is 5.34. The number of piperidine rings is 1. The number of nitrogens with one attached hydrogen (secondary N) is 1. The van der Waals surface area contributed by atoms with Gasteiger partial charge in [0.2, 0.25) is 5.91 Å². The maximum atomic E-state index is 13.1. The fourth-order valence-electron chi connectivity index (χ4n) is 3.80. The Bertz CT molecular complexity index is 798. The van der Waals surface area contributed by atoms with Crippen LogP contribution < -0.4 is 10.1 Å². The lowest BCUT2D eigenvalue weighted by Crippen LogP contribution is -2.47. The number of aromatic nitrogens is 1. The van der Waals surface area contributed by atoms with Gasteiger partial charge in [0.15, 0.2) is 5.75 Å². The normalized spacial score (nSPS) is 21.3. The highest BCUT2D eigenvalue weighted by Gasteiger charge is 2.30. The Morgan fingerprint density at radius 2 is 1.97 bits per heavy atom. The van der Waals surface area contributed by atoms with Gasteiger partial charge >= 0.3 is 0 Å². The summed E-state index contributed by atoms with van der Waals surface area (Å²) in [6.45, 7) is 1.96. The van der Waals surface area contributed by atoms with Gasteiger partial charge < -0.3 is 10.1 Å². The Kier molecular flexibility index (Phi) is 7.35. The zero-order valence-electron chi connectivity index (χ0n) is 16.5. The molecule has 0 radical (unpaired) electrons. The first-order valence-electron chi connectivity index (χ1n) is 10.2. The molecule has 154 valence electrons. The van der Waals surface area contributed by atoms with E-state index in [4.69, 9.17) is 4.74 Å². The predicted molar refractivity (Wildman–Crippen MR) is 122 cm³/mol. The first-order valence-corrected chi connectivity index (χ1v) is 12.5. The molecule has 5 nitrogen and oxygen atoms in total. The number of thioether (sulfide) groups is 2. The number of hydrogen-bond donors (Lipinski definition) is 1. The highest BCUT2D eigenvalue weighted by molar-refractivity contribution is 8.03. The number of carbonyl (C=O) groups is 1. The lowest BCUT2D eigenvalue weighted by Gasteiger charge is -2.37. The van der Waals surface area contributed by atoms with Crippen LogP contribution >= 0.6 is 23.5 Å². The van der Waals surface area contributed by atoms with Gasteiger partial charge in [-0.1, -0.05) is 12.1 Å². The van der Waals surface area contributed by atoms with Crippen LogP contribution in [0, 0.1) is 5.92 Å². The van der Waals surface area contributed by atoms with E-state index in [1.165, 1.54) is 23.0 Å².